The summed E-state index contributed by atoms with van der Waals surface area (Å²) in [5.74, 6) is 0.676. The maximum Gasteiger partial charge on any atom is 0.271 e. The second kappa shape index (κ2) is 6.70. The quantitative estimate of drug-likeness (QED) is 0.664. The Morgan fingerprint density at radius 3 is 2.70 bits per heavy atom. The Kier molecular flexibility index (Phi) is 4.95. The molecule has 0 amide bonds. The standard InChI is InChI=1S/C15H23N3O2/c1-3-17(11-13-6-8-16-9-7-13)15-10-14(18(19)20)5-4-12(15)2/h4-5,10,13,16H,3,6-9,11H2,1-2H3. The number of anilines is 1. The molecule has 1 N–H and O–H groups in total. The highest BCUT2D eigenvalue weighted by molar-refractivity contribution is 5.58. The fourth-order valence-electron chi connectivity index (χ4n) is 2.83. The van der Waals surface area contributed by atoms with Gasteiger partial charge in [0.25, 0.3) is 5.69 Å². The van der Waals surface area contributed by atoms with E-state index >= 15 is 0 Å². The van der Waals surface area contributed by atoms with Crippen LogP contribution in [0.1, 0.15) is 25.3 Å². The van der Waals surface area contributed by atoms with Gasteiger partial charge in [-0.25, -0.2) is 0 Å². The molecule has 1 aromatic rings. The van der Waals surface area contributed by atoms with E-state index in [9.17, 15) is 10.1 Å². The Labute approximate surface area is 120 Å². The van der Waals surface area contributed by atoms with Crippen molar-refractivity contribution in [3.8, 4) is 0 Å². The molecule has 1 aromatic carbocycles. The number of nitro groups is 1. The Bertz CT molecular complexity index is 470. The van der Waals surface area contributed by atoms with E-state index in [1.165, 1.54) is 12.8 Å². The number of nitrogens with one attached hydrogen (secondary N) is 1. The maximum absolute atomic E-state index is 10.9. The fourth-order valence-corrected chi connectivity index (χ4v) is 2.83. The number of hydrogen-bond acceptors (Lipinski definition) is 4. The van der Waals surface area contributed by atoms with E-state index in [2.05, 4.69) is 17.1 Å². The summed E-state index contributed by atoms with van der Waals surface area (Å²) in [7, 11) is 0. The Hall–Kier alpha value is -1.62. The summed E-state index contributed by atoms with van der Waals surface area (Å²) in [6.07, 6.45) is 2.37. The molecule has 0 saturated carbocycles. The fraction of sp³-hybridized carbons (Fsp3) is 0.600. The van der Waals surface area contributed by atoms with Crippen LogP contribution in [0.4, 0.5) is 11.4 Å². The topological polar surface area (TPSA) is 58.4 Å². The molecule has 5 nitrogen and oxygen atoms in total. The summed E-state index contributed by atoms with van der Waals surface area (Å²) in [6, 6.07) is 5.13. The summed E-state index contributed by atoms with van der Waals surface area (Å²) >= 11 is 0. The molecule has 20 heavy (non-hydrogen) atoms. The Balaban J connectivity index is 2.17. The number of piperidine rings is 1. The first-order chi connectivity index (χ1) is 9.61. The van der Waals surface area contributed by atoms with Crippen LogP contribution in [0.5, 0.6) is 0 Å². The molecule has 5 heteroatoms. The number of hydrogen-bond donors (Lipinski definition) is 1. The first kappa shape index (κ1) is 14.8. The van der Waals surface area contributed by atoms with E-state index in [-0.39, 0.29) is 10.6 Å². The number of rotatable bonds is 5. The molecule has 1 heterocycles. The molecule has 0 bridgehead atoms. The van der Waals surface area contributed by atoms with Gasteiger partial charge in [0.05, 0.1) is 4.92 Å². The van der Waals surface area contributed by atoms with Gasteiger partial charge in [0.15, 0.2) is 0 Å². The van der Waals surface area contributed by atoms with Crippen LogP contribution in [-0.4, -0.2) is 31.1 Å². The van der Waals surface area contributed by atoms with Gasteiger partial charge >= 0.3 is 0 Å². The molecular formula is C15H23N3O2. The first-order valence-electron chi connectivity index (χ1n) is 7.32. The van der Waals surface area contributed by atoms with Gasteiger partial charge in [-0.05, 0) is 51.3 Å². The lowest BCUT2D eigenvalue weighted by Gasteiger charge is -2.31. The van der Waals surface area contributed by atoms with Gasteiger partial charge in [0.1, 0.15) is 0 Å². The number of aryl methyl sites for hydroxylation is 1. The van der Waals surface area contributed by atoms with Crippen molar-refractivity contribution >= 4 is 11.4 Å². The van der Waals surface area contributed by atoms with Crippen molar-refractivity contribution in [1.82, 2.24) is 5.32 Å². The van der Waals surface area contributed by atoms with Crippen LogP contribution in [0.2, 0.25) is 0 Å². The molecule has 2 rings (SSSR count). The number of non-ortho nitro benzene ring substituents is 1. The van der Waals surface area contributed by atoms with Crippen LogP contribution in [0.3, 0.4) is 0 Å². The largest absolute Gasteiger partial charge is 0.371 e. The highest BCUT2D eigenvalue weighted by Gasteiger charge is 2.19. The summed E-state index contributed by atoms with van der Waals surface area (Å²) in [4.78, 5) is 12.9. The molecule has 1 fully saturated rings. The maximum atomic E-state index is 10.9. The number of nitro benzene ring substituents is 1. The van der Waals surface area contributed by atoms with E-state index < -0.39 is 0 Å². The zero-order chi connectivity index (χ0) is 14.5. The number of nitrogens with zero attached hydrogens (tertiary/aromatic N) is 2. The molecular weight excluding hydrogens is 254 g/mol. The zero-order valence-electron chi connectivity index (χ0n) is 12.3. The van der Waals surface area contributed by atoms with Crippen molar-refractivity contribution in [2.24, 2.45) is 5.92 Å². The molecule has 1 saturated heterocycles. The van der Waals surface area contributed by atoms with Crippen LogP contribution in [-0.2, 0) is 0 Å². The Morgan fingerprint density at radius 1 is 1.40 bits per heavy atom. The predicted molar refractivity (Wildman–Crippen MR) is 81.3 cm³/mol. The van der Waals surface area contributed by atoms with Crippen molar-refractivity contribution in [2.75, 3.05) is 31.1 Å². The van der Waals surface area contributed by atoms with E-state index in [0.29, 0.717) is 5.92 Å². The number of benzene rings is 1. The zero-order valence-corrected chi connectivity index (χ0v) is 12.3. The van der Waals surface area contributed by atoms with Crippen molar-refractivity contribution in [1.29, 1.82) is 0 Å². The van der Waals surface area contributed by atoms with Gasteiger partial charge in [0.2, 0.25) is 0 Å². The normalized spacial score (nSPS) is 16.1. The molecule has 0 radical (unpaired) electrons. The van der Waals surface area contributed by atoms with Crippen LogP contribution in [0.25, 0.3) is 0 Å². The monoisotopic (exact) mass is 277 g/mol. The van der Waals surface area contributed by atoms with Crippen LogP contribution in [0.15, 0.2) is 18.2 Å². The van der Waals surface area contributed by atoms with Crippen LogP contribution in [0, 0.1) is 23.0 Å². The summed E-state index contributed by atoms with van der Waals surface area (Å²) < 4.78 is 0. The minimum Gasteiger partial charge on any atom is -0.371 e. The molecule has 1 aliphatic heterocycles. The molecule has 0 aliphatic carbocycles. The second-order valence-electron chi connectivity index (χ2n) is 5.46. The third kappa shape index (κ3) is 3.48. The van der Waals surface area contributed by atoms with Crippen molar-refractivity contribution in [2.45, 2.75) is 26.7 Å². The van der Waals surface area contributed by atoms with Gasteiger partial charge in [-0.3, -0.25) is 10.1 Å². The van der Waals surface area contributed by atoms with Crippen LogP contribution < -0.4 is 10.2 Å². The van der Waals surface area contributed by atoms with Gasteiger partial charge < -0.3 is 10.2 Å². The third-order valence-corrected chi connectivity index (χ3v) is 4.06. The highest BCUT2D eigenvalue weighted by atomic mass is 16.6. The van der Waals surface area contributed by atoms with E-state index in [1.807, 2.05) is 13.0 Å². The first-order valence-corrected chi connectivity index (χ1v) is 7.32. The molecule has 1 aliphatic rings. The van der Waals surface area contributed by atoms with Crippen LogP contribution >= 0.6 is 0 Å². The summed E-state index contributed by atoms with van der Waals surface area (Å²) in [5, 5.41) is 14.3. The van der Waals surface area contributed by atoms with Crippen molar-refractivity contribution in [3.63, 3.8) is 0 Å². The summed E-state index contributed by atoms with van der Waals surface area (Å²) in [6.45, 7) is 8.15. The minimum absolute atomic E-state index is 0.175. The van der Waals surface area contributed by atoms with Gasteiger partial charge in [-0.1, -0.05) is 6.07 Å². The molecule has 0 atom stereocenters. The van der Waals surface area contributed by atoms with Gasteiger partial charge in [0, 0.05) is 30.9 Å². The third-order valence-electron chi connectivity index (χ3n) is 4.06. The van der Waals surface area contributed by atoms with E-state index in [1.54, 1.807) is 12.1 Å². The minimum atomic E-state index is -0.318. The SMILES string of the molecule is CCN(CC1CCNCC1)c1cc([N+](=O)[O-])ccc1C. The molecule has 0 unspecified atom stereocenters. The van der Waals surface area contributed by atoms with Crippen molar-refractivity contribution in [3.05, 3.63) is 33.9 Å². The van der Waals surface area contributed by atoms with E-state index in [0.717, 1.165) is 37.4 Å². The van der Waals surface area contributed by atoms with Crippen molar-refractivity contribution < 1.29 is 4.92 Å². The highest BCUT2D eigenvalue weighted by Crippen LogP contribution is 2.27. The lowest BCUT2D eigenvalue weighted by Crippen LogP contribution is -2.36. The summed E-state index contributed by atoms with van der Waals surface area (Å²) in [5.41, 5.74) is 2.28. The molecule has 0 spiro atoms. The lowest BCUT2D eigenvalue weighted by atomic mass is 9.97. The average molecular weight is 277 g/mol. The smallest absolute Gasteiger partial charge is 0.271 e. The molecule has 0 aromatic heterocycles. The lowest BCUT2D eigenvalue weighted by molar-refractivity contribution is -0.384. The molecule has 110 valence electrons. The predicted octanol–water partition coefficient (Wildman–Crippen LogP) is 2.73. The van der Waals surface area contributed by atoms with Gasteiger partial charge in [-0.15, -0.1) is 0 Å². The van der Waals surface area contributed by atoms with Gasteiger partial charge in [-0.2, -0.15) is 0 Å². The average Bonchev–Trinajstić information content (AvgIpc) is 2.46. The second-order valence-corrected chi connectivity index (χ2v) is 5.46. The van der Waals surface area contributed by atoms with E-state index in [4.69, 9.17) is 0 Å². The Morgan fingerprint density at radius 2 is 2.10 bits per heavy atom.